The second kappa shape index (κ2) is 6.43. The van der Waals surface area contributed by atoms with E-state index in [2.05, 4.69) is 26.0 Å². The van der Waals surface area contributed by atoms with Crippen LogP contribution in [0, 0.1) is 0 Å². The Balaban J connectivity index is 2.05. The van der Waals surface area contributed by atoms with Gasteiger partial charge in [-0.25, -0.2) is 8.42 Å². The summed E-state index contributed by atoms with van der Waals surface area (Å²) in [6.07, 6.45) is 3.09. The Morgan fingerprint density at radius 3 is 2.89 bits per heavy atom. The quantitative estimate of drug-likeness (QED) is 0.860. The third-order valence-electron chi connectivity index (χ3n) is 3.03. The van der Waals surface area contributed by atoms with Crippen molar-refractivity contribution in [3.8, 4) is 0 Å². The Morgan fingerprint density at radius 1 is 1.42 bits per heavy atom. The highest BCUT2D eigenvalue weighted by Crippen LogP contribution is 2.27. The first-order chi connectivity index (χ1) is 8.96. The normalized spacial score (nSPS) is 20.2. The zero-order valence-electron chi connectivity index (χ0n) is 10.3. The summed E-state index contributed by atoms with van der Waals surface area (Å²) >= 11 is 9.18. The minimum atomic E-state index is -3.37. The molecule has 19 heavy (non-hydrogen) atoms. The molecule has 1 aromatic carbocycles. The third kappa shape index (κ3) is 4.63. The van der Waals surface area contributed by atoms with Gasteiger partial charge in [0.25, 0.3) is 0 Å². The summed E-state index contributed by atoms with van der Waals surface area (Å²) < 4.78 is 27.5. The molecule has 0 saturated carbocycles. The molecule has 1 fully saturated rings. The van der Waals surface area contributed by atoms with Crippen LogP contribution >= 0.6 is 27.5 Å². The van der Waals surface area contributed by atoms with Gasteiger partial charge >= 0.3 is 0 Å². The van der Waals surface area contributed by atoms with Gasteiger partial charge in [0.15, 0.2) is 0 Å². The Labute approximate surface area is 127 Å². The molecule has 1 atom stereocenters. The van der Waals surface area contributed by atoms with Crippen molar-refractivity contribution < 1.29 is 8.42 Å². The van der Waals surface area contributed by atoms with Gasteiger partial charge < -0.3 is 5.32 Å². The molecule has 1 unspecified atom stereocenters. The maximum atomic E-state index is 12.1. The van der Waals surface area contributed by atoms with E-state index in [1.54, 1.807) is 18.2 Å². The predicted octanol–water partition coefficient (Wildman–Crippen LogP) is 2.99. The Morgan fingerprint density at radius 2 is 2.21 bits per heavy atom. The van der Waals surface area contributed by atoms with Gasteiger partial charge in [-0.3, -0.25) is 4.72 Å². The maximum absolute atomic E-state index is 12.1. The fraction of sp³-hybridized carbons (Fsp3) is 0.500. The van der Waals surface area contributed by atoms with Crippen LogP contribution in [0.3, 0.4) is 0 Å². The molecule has 0 aliphatic carbocycles. The average Bonchev–Trinajstić information content (AvgIpc) is 2.34. The average molecular weight is 368 g/mol. The standard InChI is InChI=1S/C12H16BrClN2O2S/c13-11-5-4-9(14)7-12(11)16-19(17,18)8-10-3-1-2-6-15-10/h4-5,7,10,15-16H,1-3,6,8H2. The lowest BCUT2D eigenvalue weighted by molar-refractivity contribution is 0.424. The van der Waals surface area contributed by atoms with E-state index >= 15 is 0 Å². The van der Waals surface area contributed by atoms with E-state index in [1.165, 1.54) is 0 Å². The third-order valence-corrected chi connectivity index (χ3v) is 5.33. The molecule has 1 aliphatic heterocycles. The number of sulfonamides is 1. The van der Waals surface area contributed by atoms with E-state index in [0.29, 0.717) is 15.2 Å². The lowest BCUT2D eigenvalue weighted by atomic mass is 10.1. The van der Waals surface area contributed by atoms with Gasteiger partial charge in [-0.15, -0.1) is 0 Å². The van der Waals surface area contributed by atoms with E-state index in [9.17, 15) is 8.42 Å². The van der Waals surface area contributed by atoms with Crippen molar-refractivity contribution in [2.75, 3.05) is 17.0 Å². The highest BCUT2D eigenvalue weighted by atomic mass is 79.9. The molecular formula is C12H16BrClN2O2S. The smallest absolute Gasteiger partial charge is 0.234 e. The van der Waals surface area contributed by atoms with Gasteiger partial charge in [0, 0.05) is 15.5 Å². The molecule has 0 bridgehead atoms. The molecule has 106 valence electrons. The number of hydrogen-bond donors (Lipinski definition) is 2. The van der Waals surface area contributed by atoms with Crippen LogP contribution in [0.5, 0.6) is 0 Å². The van der Waals surface area contributed by atoms with Gasteiger partial charge in [0.2, 0.25) is 10.0 Å². The molecule has 2 rings (SSSR count). The highest BCUT2D eigenvalue weighted by molar-refractivity contribution is 9.10. The van der Waals surface area contributed by atoms with Gasteiger partial charge in [-0.2, -0.15) is 0 Å². The maximum Gasteiger partial charge on any atom is 0.234 e. The molecule has 4 nitrogen and oxygen atoms in total. The minimum Gasteiger partial charge on any atom is -0.313 e. The van der Waals surface area contributed by atoms with Crippen LogP contribution in [-0.2, 0) is 10.0 Å². The summed E-state index contributed by atoms with van der Waals surface area (Å²) in [6.45, 7) is 0.890. The number of piperidine rings is 1. The van der Waals surface area contributed by atoms with Gasteiger partial charge in [-0.05, 0) is 53.5 Å². The number of nitrogens with one attached hydrogen (secondary N) is 2. The SMILES string of the molecule is O=S(=O)(CC1CCCCN1)Nc1cc(Cl)ccc1Br. The molecular weight excluding hydrogens is 352 g/mol. The highest BCUT2D eigenvalue weighted by Gasteiger charge is 2.21. The van der Waals surface area contributed by atoms with Crippen LogP contribution in [0.25, 0.3) is 0 Å². The van der Waals surface area contributed by atoms with Gasteiger partial charge in [-0.1, -0.05) is 18.0 Å². The van der Waals surface area contributed by atoms with Crippen molar-refractivity contribution >= 4 is 43.2 Å². The number of halogens is 2. The first kappa shape index (κ1) is 15.1. The molecule has 1 aliphatic rings. The van der Waals surface area contributed by atoms with E-state index in [-0.39, 0.29) is 11.8 Å². The van der Waals surface area contributed by atoms with Crippen molar-refractivity contribution in [2.45, 2.75) is 25.3 Å². The Kier molecular flexibility index (Phi) is 5.11. The molecule has 0 spiro atoms. The summed E-state index contributed by atoms with van der Waals surface area (Å²) in [5.41, 5.74) is 0.475. The van der Waals surface area contributed by atoms with Gasteiger partial charge in [0.1, 0.15) is 0 Å². The van der Waals surface area contributed by atoms with Crippen molar-refractivity contribution in [3.05, 3.63) is 27.7 Å². The van der Waals surface area contributed by atoms with Crippen LogP contribution < -0.4 is 10.0 Å². The number of benzene rings is 1. The van der Waals surface area contributed by atoms with Crippen LogP contribution in [0.2, 0.25) is 5.02 Å². The lowest BCUT2D eigenvalue weighted by Gasteiger charge is -2.23. The summed E-state index contributed by atoms with van der Waals surface area (Å²) in [5, 5.41) is 3.73. The zero-order chi connectivity index (χ0) is 13.9. The topological polar surface area (TPSA) is 58.2 Å². The number of rotatable bonds is 4. The second-order valence-electron chi connectivity index (χ2n) is 4.65. The van der Waals surface area contributed by atoms with Gasteiger partial charge in [0.05, 0.1) is 11.4 Å². The van der Waals surface area contributed by atoms with Crippen molar-refractivity contribution in [3.63, 3.8) is 0 Å². The van der Waals surface area contributed by atoms with Crippen molar-refractivity contribution in [1.82, 2.24) is 5.32 Å². The predicted molar refractivity (Wildman–Crippen MR) is 82.2 cm³/mol. The molecule has 2 N–H and O–H groups in total. The Hall–Kier alpha value is -0.300. The van der Waals surface area contributed by atoms with E-state index in [1.807, 2.05) is 0 Å². The molecule has 7 heteroatoms. The summed E-state index contributed by atoms with van der Waals surface area (Å²) in [5.74, 6) is 0.0892. The number of anilines is 1. The summed E-state index contributed by atoms with van der Waals surface area (Å²) in [7, 11) is -3.37. The largest absolute Gasteiger partial charge is 0.313 e. The minimum absolute atomic E-state index is 0.0317. The van der Waals surface area contributed by atoms with Crippen LogP contribution in [-0.4, -0.2) is 26.8 Å². The number of hydrogen-bond acceptors (Lipinski definition) is 3. The van der Waals surface area contributed by atoms with Crippen LogP contribution in [0.1, 0.15) is 19.3 Å². The van der Waals surface area contributed by atoms with E-state index in [4.69, 9.17) is 11.6 Å². The van der Waals surface area contributed by atoms with Crippen LogP contribution in [0.4, 0.5) is 5.69 Å². The fourth-order valence-electron chi connectivity index (χ4n) is 2.12. The monoisotopic (exact) mass is 366 g/mol. The van der Waals surface area contributed by atoms with E-state index < -0.39 is 10.0 Å². The summed E-state index contributed by atoms with van der Waals surface area (Å²) in [4.78, 5) is 0. The van der Waals surface area contributed by atoms with Crippen molar-refractivity contribution in [1.29, 1.82) is 0 Å². The van der Waals surface area contributed by atoms with Crippen LogP contribution in [0.15, 0.2) is 22.7 Å². The molecule has 1 aromatic rings. The Bertz CT molecular complexity index is 545. The molecule has 1 heterocycles. The molecule has 0 radical (unpaired) electrons. The second-order valence-corrected chi connectivity index (χ2v) is 7.71. The fourth-order valence-corrected chi connectivity index (χ4v) is 4.17. The summed E-state index contributed by atoms with van der Waals surface area (Å²) in [6, 6.07) is 5.05. The molecule has 0 amide bonds. The van der Waals surface area contributed by atoms with Crippen molar-refractivity contribution in [2.24, 2.45) is 0 Å². The van der Waals surface area contributed by atoms with E-state index in [0.717, 1.165) is 25.8 Å². The molecule has 0 aromatic heterocycles. The first-order valence-corrected chi connectivity index (χ1v) is 8.97. The first-order valence-electron chi connectivity index (χ1n) is 6.15. The zero-order valence-corrected chi connectivity index (χ0v) is 13.5. The molecule has 1 saturated heterocycles. The lowest BCUT2D eigenvalue weighted by Crippen LogP contribution is -2.40.